The smallest absolute Gasteiger partial charge is 0.244 e. The third-order valence-corrected chi connectivity index (χ3v) is 9.29. The second-order valence-electron chi connectivity index (χ2n) is 9.77. The van der Waals surface area contributed by atoms with E-state index in [-0.39, 0.29) is 41.5 Å². The first kappa shape index (κ1) is 24.9. The van der Waals surface area contributed by atoms with Crippen molar-refractivity contribution in [2.75, 3.05) is 25.1 Å². The molecule has 0 aliphatic carbocycles. The van der Waals surface area contributed by atoms with E-state index in [2.05, 4.69) is 17.6 Å². The summed E-state index contributed by atoms with van der Waals surface area (Å²) in [4.78, 5) is 42.3. The molecule has 186 valence electrons. The molecule has 1 aromatic rings. The number of aliphatic hydroxyl groups is 1. The quantitative estimate of drug-likeness (QED) is 0.491. The number of amides is 3. The van der Waals surface area contributed by atoms with Gasteiger partial charge in [-0.15, -0.1) is 11.8 Å². The van der Waals surface area contributed by atoms with Gasteiger partial charge in [-0.2, -0.15) is 0 Å². The molecule has 3 heterocycles. The van der Waals surface area contributed by atoms with Gasteiger partial charge >= 0.3 is 0 Å². The van der Waals surface area contributed by atoms with Gasteiger partial charge in [0.05, 0.1) is 23.2 Å². The molecule has 1 spiro atoms. The Balaban J connectivity index is 1.63. The van der Waals surface area contributed by atoms with E-state index >= 15 is 0 Å². The molecule has 3 aliphatic heterocycles. The predicted molar refractivity (Wildman–Crippen MR) is 132 cm³/mol. The predicted octanol–water partition coefficient (Wildman–Crippen LogP) is 2.27. The molecule has 3 unspecified atom stereocenters. The SMILES string of the molecule is CCOc1ccc(NC(=O)[C@@H]2[C@@H]3CC(C)C4(S3)C(C(=O)NC(C)C)N(CCCO)C(=O)[C@H]24)cc1. The second kappa shape index (κ2) is 9.77. The number of hydrogen-bond donors (Lipinski definition) is 3. The lowest BCUT2D eigenvalue weighted by Crippen LogP contribution is -2.57. The summed E-state index contributed by atoms with van der Waals surface area (Å²) in [6.07, 6.45) is 1.18. The summed E-state index contributed by atoms with van der Waals surface area (Å²) in [7, 11) is 0. The molecule has 8 nitrogen and oxygen atoms in total. The summed E-state index contributed by atoms with van der Waals surface area (Å²) < 4.78 is 4.83. The molecule has 3 amide bonds. The number of rotatable bonds is 9. The number of benzene rings is 1. The molecule has 3 aliphatic rings. The standard InChI is InChI=1S/C25H35N3O5S/c1-5-33-17-9-7-16(8-10-17)27-22(30)19-18-13-15(4)25(34-18)20(19)24(32)28(11-6-12-29)21(25)23(31)26-14(2)3/h7-10,14-15,18-21,29H,5-6,11-13H2,1-4H3,(H,26,31)(H,27,30)/t15?,18-,19+,20-,21?,25?/m0/s1. The van der Waals surface area contributed by atoms with Gasteiger partial charge in [0.1, 0.15) is 11.8 Å². The van der Waals surface area contributed by atoms with Crippen molar-refractivity contribution in [1.29, 1.82) is 0 Å². The van der Waals surface area contributed by atoms with Crippen LogP contribution in [0.5, 0.6) is 5.75 Å². The van der Waals surface area contributed by atoms with Crippen LogP contribution in [-0.4, -0.2) is 69.6 Å². The average molecular weight is 490 g/mol. The number of fused-ring (bicyclic) bond motifs is 1. The molecule has 3 N–H and O–H groups in total. The highest BCUT2D eigenvalue weighted by atomic mass is 32.2. The van der Waals surface area contributed by atoms with Gasteiger partial charge in [-0.05, 0) is 63.8 Å². The van der Waals surface area contributed by atoms with Crippen LogP contribution in [0.4, 0.5) is 5.69 Å². The second-order valence-corrected chi connectivity index (χ2v) is 11.3. The van der Waals surface area contributed by atoms with Crippen LogP contribution >= 0.6 is 11.8 Å². The van der Waals surface area contributed by atoms with E-state index in [1.165, 1.54) is 0 Å². The maximum atomic E-state index is 13.8. The highest BCUT2D eigenvalue weighted by Gasteiger charge is 2.75. The molecule has 4 rings (SSSR count). The van der Waals surface area contributed by atoms with Crippen molar-refractivity contribution in [3.05, 3.63) is 24.3 Å². The summed E-state index contributed by atoms with van der Waals surface area (Å²) in [5.74, 6) is -0.714. The minimum atomic E-state index is -0.646. The number of anilines is 1. The van der Waals surface area contributed by atoms with Crippen molar-refractivity contribution in [2.45, 2.75) is 62.6 Å². The number of nitrogens with zero attached hydrogens (tertiary/aromatic N) is 1. The largest absolute Gasteiger partial charge is 0.494 e. The lowest BCUT2D eigenvalue weighted by atomic mass is 9.66. The van der Waals surface area contributed by atoms with E-state index in [0.29, 0.717) is 25.3 Å². The van der Waals surface area contributed by atoms with Crippen LogP contribution < -0.4 is 15.4 Å². The van der Waals surface area contributed by atoms with Crippen molar-refractivity contribution in [3.63, 3.8) is 0 Å². The number of thioether (sulfide) groups is 1. The lowest BCUT2D eigenvalue weighted by molar-refractivity contribution is -0.139. The Morgan fingerprint density at radius 3 is 2.59 bits per heavy atom. The minimum Gasteiger partial charge on any atom is -0.494 e. The first-order chi connectivity index (χ1) is 16.2. The van der Waals surface area contributed by atoms with Crippen LogP contribution in [0, 0.1) is 17.8 Å². The summed E-state index contributed by atoms with van der Waals surface area (Å²) in [6.45, 7) is 8.61. The molecule has 9 heteroatoms. The van der Waals surface area contributed by atoms with Crippen LogP contribution in [0.25, 0.3) is 0 Å². The zero-order valence-electron chi connectivity index (χ0n) is 20.2. The van der Waals surface area contributed by atoms with Crippen LogP contribution in [0.2, 0.25) is 0 Å². The van der Waals surface area contributed by atoms with Crippen molar-refractivity contribution in [2.24, 2.45) is 17.8 Å². The first-order valence-electron chi connectivity index (χ1n) is 12.2. The van der Waals surface area contributed by atoms with Gasteiger partial charge in [-0.25, -0.2) is 0 Å². The van der Waals surface area contributed by atoms with E-state index in [9.17, 15) is 19.5 Å². The lowest BCUT2D eigenvalue weighted by Gasteiger charge is -2.39. The van der Waals surface area contributed by atoms with Crippen molar-refractivity contribution in [1.82, 2.24) is 10.2 Å². The zero-order valence-corrected chi connectivity index (χ0v) is 21.1. The number of carbonyl (C=O) groups is 3. The van der Waals surface area contributed by atoms with Crippen LogP contribution in [0.3, 0.4) is 0 Å². The molecule has 3 saturated heterocycles. The molecular formula is C25H35N3O5S. The minimum absolute atomic E-state index is 0.0130. The monoisotopic (exact) mass is 489 g/mol. The molecule has 3 fully saturated rings. The van der Waals surface area contributed by atoms with E-state index in [4.69, 9.17) is 4.74 Å². The highest BCUT2D eigenvalue weighted by molar-refractivity contribution is 8.02. The van der Waals surface area contributed by atoms with Gasteiger partial charge in [0.2, 0.25) is 17.7 Å². The zero-order chi connectivity index (χ0) is 24.6. The molecular weight excluding hydrogens is 454 g/mol. The fourth-order valence-electron chi connectivity index (χ4n) is 5.99. The van der Waals surface area contributed by atoms with Crippen molar-refractivity contribution in [3.8, 4) is 5.75 Å². The van der Waals surface area contributed by atoms with Crippen molar-refractivity contribution >= 4 is 35.2 Å². The van der Waals surface area contributed by atoms with E-state index in [1.54, 1.807) is 28.8 Å². The molecule has 34 heavy (non-hydrogen) atoms. The van der Waals surface area contributed by atoms with Gasteiger partial charge < -0.3 is 25.4 Å². The number of hydrogen-bond acceptors (Lipinski definition) is 6. The Bertz CT molecular complexity index is 939. The average Bonchev–Trinajstić information content (AvgIpc) is 3.37. The number of carbonyl (C=O) groups excluding carboxylic acids is 3. The molecule has 2 bridgehead atoms. The molecule has 0 aromatic heterocycles. The van der Waals surface area contributed by atoms with E-state index in [0.717, 1.165) is 12.2 Å². The van der Waals surface area contributed by atoms with Gasteiger partial charge in [0.15, 0.2) is 0 Å². The maximum Gasteiger partial charge on any atom is 0.244 e. The number of likely N-dealkylation sites (tertiary alicyclic amines) is 1. The number of ether oxygens (including phenoxy) is 1. The van der Waals surface area contributed by atoms with Gasteiger partial charge in [0, 0.05) is 30.1 Å². The van der Waals surface area contributed by atoms with Gasteiger partial charge in [-0.1, -0.05) is 6.92 Å². The Morgan fingerprint density at radius 2 is 1.97 bits per heavy atom. The third-order valence-electron chi connectivity index (χ3n) is 7.22. The van der Waals surface area contributed by atoms with E-state index < -0.39 is 22.6 Å². The molecule has 0 radical (unpaired) electrons. The fraction of sp³-hybridized carbons (Fsp3) is 0.640. The topological polar surface area (TPSA) is 108 Å². The Kier molecular flexibility index (Phi) is 7.14. The van der Waals surface area contributed by atoms with Gasteiger partial charge in [-0.3, -0.25) is 14.4 Å². The van der Waals surface area contributed by atoms with Crippen LogP contribution in [-0.2, 0) is 14.4 Å². The normalized spacial score (nSPS) is 31.6. The van der Waals surface area contributed by atoms with Crippen LogP contribution in [0.1, 0.15) is 40.5 Å². The Morgan fingerprint density at radius 1 is 1.26 bits per heavy atom. The summed E-state index contributed by atoms with van der Waals surface area (Å²) >= 11 is 1.65. The van der Waals surface area contributed by atoms with Crippen molar-refractivity contribution < 1.29 is 24.2 Å². The third kappa shape index (κ3) is 4.06. The summed E-state index contributed by atoms with van der Waals surface area (Å²) in [5, 5.41) is 15.4. The van der Waals surface area contributed by atoms with E-state index in [1.807, 2.05) is 32.9 Å². The molecule has 6 atom stereocenters. The maximum absolute atomic E-state index is 13.8. The first-order valence-corrected chi connectivity index (χ1v) is 13.1. The number of aliphatic hydroxyl groups excluding tert-OH is 1. The molecule has 0 saturated carbocycles. The Labute approximate surface area is 205 Å². The number of nitrogens with one attached hydrogen (secondary N) is 2. The summed E-state index contributed by atoms with van der Waals surface area (Å²) in [6, 6.07) is 6.50. The Hall–Kier alpha value is -2.26. The molecule has 1 aromatic carbocycles. The van der Waals surface area contributed by atoms with Crippen LogP contribution in [0.15, 0.2) is 24.3 Å². The highest BCUT2D eigenvalue weighted by Crippen LogP contribution is 2.68. The van der Waals surface area contributed by atoms with Gasteiger partial charge in [0.25, 0.3) is 0 Å². The fourth-order valence-corrected chi connectivity index (χ4v) is 8.41. The summed E-state index contributed by atoms with van der Waals surface area (Å²) in [5.41, 5.74) is 0.653.